The second-order valence-corrected chi connectivity index (χ2v) is 18.5. The third-order valence-electron chi connectivity index (χ3n) is 13.6. The van der Waals surface area contributed by atoms with Crippen LogP contribution < -0.4 is 32.8 Å². The number of aromatic nitrogens is 2. The molecular weight excluding hydrogens is 977 g/mol. The van der Waals surface area contributed by atoms with Gasteiger partial charge in [-0.3, -0.25) is 14.9 Å². The van der Waals surface area contributed by atoms with Crippen LogP contribution in [0.1, 0.15) is 34.4 Å². The number of hydrogen-bond acceptors (Lipinski definition) is 16. The van der Waals surface area contributed by atoms with Crippen LogP contribution in [0.2, 0.25) is 0 Å². The van der Waals surface area contributed by atoms with Gasteiger partial charge >= 0.3 is 16.9 Å². The molecule has 0 bridgehead atoms. The molecule has 0 aliphatic carbocycles. The van der Waals surface area contributed by atoms with E-state index in [9.17, 15) is 29.7 Å². The summed E-state index contributed by atoms with van der Waals surface area (Å²) in [5.74, 6) is 0.342. The standard InChI is InChI=1S/C21H24N2O4.2C20H16N2O3/c24-19-7-6-16-15-4-1-2-5-17(15)21(25)27-20(16)18(19)14-22-8-3-9-23-10-12-26-13-11-23;23-18-9-8-15-14-6-1-2-7-16(14)20(24)25-19(15)17(18)12-21-11-13-5-3-4-10-22-13;23-18-6-5-15-14-3-1-2-4-16(14)20(24)25-19(15)17(18)12-22-11-13-7-9-21-10-8-13/h1-2,4-7,22,24H,3,8-14H2;1-10,21,23H,11-12H2;1-10,22-23H,11-12H2. The van der Waals surface area contributed by atoms with Crippen LogP contribution in [0.25, 0.3) is 65.2 Å². The predicted octanol–water partition coefficient (Wildman–Crippen LogP) is 9.14. The van der Waals surface area contributed by atoms with Crippen LogP contribution in [0, 0.1) is 0 Å². The van der Waals surface area contributed by atoms with Crippen molar-refractivity contribution in [3.8, 4) is 17.2 Å². The maximum atomic E-state index is 12.3. The second-order valence-electron chi connectivity index (χ2n) is 18.5. The Kier molecular flexibility index (Phi) is 16.3. The number of hydrogen-bond donors (Lipinski definition) is 6. The van der Waals surface area contributed by atoms with Crippen molar-refractivity contribution < 1.29 is 33.3 Å². The Labute approximate surface area is 440 Å². The van der Waals surface area contributed by atoms with Gasteiger partial charge in [0.2, 0.25) is 0 Å². The molecule has 6 heterocycles. The molecule has 1 aliphatic rings. The SMILES string of the molecule is O=c1oc2c(CNCCCN3CCOCC3)c(O)ccc2c2ccccc12.O=c1oc2c(CNCc3ccccn3)c(O)ccc2c2ccccc12.O=c1oc2c(CNCc3ccncc3)c(O)ccc2c2ccccc12. The zero-order valence-electron chi connectivity index (χ0n) is 42.0. The third-order valence-corrected chi connectivity index (χ3v) is 13.6. The van der Waals surface area contributed by atoms with Crippen molar-refractivity contribution in [1.29, 1.82) is 0 Å². The first-order valence-corrected chi connectivity index (χ1v) is 25.4. The first kappa shape index (κ1) is 51.7. The summed E-state index contributed by atoms with van der Waals surface area (Å²) in [4.78, 5) is 47.5. The highest BCUT2D eigenvalue weighted by atomic mass is 16.5. The first-order valence-electron chi connectivity index (χ1n) is 25.4. The summed E-state index contributed by atoms with van der Waals surface area (Å²) in [5.41, 5.74) is 3.87. The van der Waals surface area contributed by atoms with Gasteiger partial charge in [-0.05, 0) is 120 Å². The average Bonchev–Trinajstić information content (AvgIpc) is 3.47. The predicted molar refractivity (Wildman–Crippen MR) is 298 cm³/mol. The van der Waals surface area contributed by atoms with Crippen molar-refractivity contribution >= 4 is 65.2 Å². The van der Waals surface area contributed by atoms with Gasteiger partial charge in [-0.2, -0.15) is 0 Å². The lowest BCUT2D eigenvalue weighted by Crippen LogP contribution is -2.37. The maximum Gasteiger partial charge on any atom is 0.344 e. The number of aromatic hydroxyl groups is 3. The summed E-state index contributed by atoms with van der Waals surface area (Å²) in [6, 6.07) is 41.9. The molecule has 0 radical (unpaired) electrons. The fraction of sp³-hybridized carbons (Fsp3) is 0.197. The van der Waals surface area contributed by atoms with Crippen LogP contribution >= 0.6 is 0 Å². The van der Waals surface area contributed by atoms with Gasteiger partial charge in [-0.25, -0.2) is 14.4 Å². The fourth-order valence-electron chi connectivity index (χ4n) is 9.60. The van der Waals surface area contributed by atoms with Crippen LogP contribution in [-0.2, 0) is 37.5 Å². The smallest absolute Gasteiger partial charge is 0.344 e. The molecule has 5 aromatic heterocycles. The van der Waals surface area contributed by atoms with Crippen molar-refractivity contribution in [2.24, 2.45) is 0 Å². The lowest BCUT2D eigenvalue weighted by Gasteiger charge is -2.26. The normalized spacial score (nSPS) is 12.7. The molecule has 16 nitrogen and oxygen atoms in total. The van der Waals surface area contributed by atoms with E-state index < -0.39 is 11.3 Å². The highest BCUT2D eigenvalue weighted by Crippen LogP contribution is 2.33. The zero-order chi connectivity index (χ0) is 53.1. The van der Waals surface area contributed by atoms with Crippen molar-refractivity contribution in [2.45, 2.75) is 39.1 Å². The van der Waals surface area contributed by atoms with Gasteiger partial charge in [0.15, 0.2) is 0 Å². The minimum Gasteiger partial charge on any atom is -0.507 e. The van der Waals surface area contributed by atoms with Crippen LogP contribution in [-0.4, -0.2) is 69.6 Å². The van der Waals surface area contributed by atoms with Crippen LogP contribution in [0.5, 0.6) is 17.2 Å². The molecule has 6 N–H and O–H groups in total. The summed E-state index contributed by atoms with van der Waals surface area (Å²) in [6.45, 7) is 7.81. The number of fused-ring (bicyclic) bond motifs is 9. The highest BCUT2D eigenvalue weighted by molar-refractivity contribution is 6.07. The first-order chi connectivity index (χ1) is 37.7. The van der Waals surface area contributed by atoms with E-state index in [2.05, 4.69) is 30.8 Å². The number of nitrogens with zero attached hydrogens (tertiary/aromatic N) is 3. The molecule has 0 amide bonds. The van der Waals surface area contributed by atoms with Crippen molar-refractivity contribution in [3.63, 3.8) is 0 Å². The molecule has 6 aromatic carbocycles. The number of ether oxygens (including phenoxy) is 1. The monoisotopic (exact) mass is 1030 g/mol. The molecule has 16 heteroatoms. The van der Waals surface area contributed by atoms with Gasteiger partial charge in [0.1, 0.15) is 34.0 Å². The number of morpholine rings is 1. The van der Waals surface area contributed by atoms with Gasteiger partial charge in [0.25, 0.3) is 0 Å². The maximum absolute atomic E-state index is 12.3. The van der Waals surface area contributed by atoms with E-state index in [1.807, 2.05) is 78.9 Å². The highest BCUT2D eigenvalue weighted by Gasteiger charge is 2.18. The largest absolute Gasteiger partial charge is 0.507 e. The summed E-state index contributed by atoms with van der Waals surface area (Å²) < 4.78 is 22.0. The molecule has 1 fully saturated rings. The fourth-order valence-corrected chi connectivity index (χ4v) is 9.60. The summed E-state index contributed by atoms with van der Waals surface area (Å²) in [7, 11) is 0. The van der Waals surface area contributed by atoms with E-state index in [4.69, 9.17) is 18.0 Å². The molecule has 0 atom stereocenters. The zero-order valence-corrected chi connectivity index (χ0v) is 42.0. The van der Waals surface area contributed by atoms with Gasteiger partial charge in [-0.15, -0.1) is 0 Å². The van der Waals surface area contributed by atoms with E-state index in [0.717, 1.165) is 89.4 Å². The van der Waals surface area contributed by atoms with E-state index >= 15 is 0 Å². The van der Waals surface area contributed by atoms with Crippen LogP contribution in [0.3, 0.4) is 0 Å². The van der Waals surface area contributed by atoms with Gasteiger partial charge in [0.05, 0.1) is 51.8 Å². The number of pyridine rings is 2. The molecule has 1 aliphatic heterocycles. The van der Waals surface area contributed by atoms with E-state index in [-0.39, 0.29) is 22.9 Å². The van der Waals surface area contributed by atoms with Crippen molar-refractivity contribution in [3.05, 3.63) is 217 Å². The Bertz CT molecular complexity index is 3850. The van der Waals surface area contributed by atoms with Crippen LogP contribution in [0.15, 0.2) is 186 Å². The average molecular weight is 1030 g/mol. The quantitative estimate of drug-likeness (QED) is 0.0339. The molecule has 11 aromatic rings. The molecule has 77 heavy (non-hydrogen) atoms. The number of phenolic OH excluding ortho intramolecular Hbond substituents is 3. The minimum absolute atomic E-state index is 0.0967. The van der Waals surface area contributed by atoms with Crippen molar-refractivity contribution in [2.75, 3.05) is 39.4 Å². The Hall–Kier alpha value is -8.77. The third kappa shape index (κ3) is 11.9. The molecule has 0 saturated carbocycles. The number of benzene rings is 6. The number of rotatable bonds is 14. The summed E-state index contributed by atoms with van der Waals surface area (Å²) in [5, 5.41) is 47.3. The number of phenols is 3. The lowest BCUT2D eigenvalue weighted by atomic mass is 10.0. The Balaban J connectivity index is 0.000000131. The van der Waals surface area contributed by atoms with E-state index in [1.165, 1.54) is 0 Å². The van der Waals surface area contributed by atoms with E-state index in [1.54, 1.807) is 79.3 Å². The van der Waals surface area contributed by atoms with E-state index in [0.29, 0.717) is 82.3 Å². The summed E-state index contributed by atoms with van der Waals surface area (Å²) in [6.07, 6.45) is 6.21. The molecule has 12 rings (SSSR count). The summed E-state index contributed by atoms with van der Waals surface area (Å²) >= 11 is 0. The molecule has 1 saturated heterocycles. The Morgan fingerprint density at radius 1 is 0.442 bits per heavy atom. The van der Waals surface area contributed by atoms with Gasteiger partial charge in [0, 0.05) is 80.6 Å². The molecule has 390 valence electrons. The topological polar surface area (TPSA) is 226 Å². The Morgan fingerprint density at radius 3 is 1.32 bits per heavy atom. The van der Waals surface area contributed by atoms with Crippen LogP contribution in [0.4, 0.5) is 0 Å². The van der Waals surface area contributed by atoms with Crippen molar-refractivity contribution in [1.82, 2.24) is 30.8 Å². The number of nitrogens with one attached hydrogen (secondary N) is 3. The van der Waals surface area contributed by atoms with Gasteiger partial charge < -0.3 is 49.3 Å². The van der Waals surface area contributed by atoms with Gasteiger partial charge in [-0.1, -0.05) is 60.7 Å². The second kappa shape index (κ2) is 24.3. The lowest BCUT2D eigenvalue weighted by molar-refractivity contribution is 0.0374. The molecule has 0 unspecified atom stereocenters. The molecule has 0 spiro atoms. The minimum atomic E-state index is -0.403. The Morgan fingerprint density at radius 2 is 0.870 bits per heavy atom. The molecular formula is C61H56N6O10.